The van der Waals surface area contributed by atoms with E-state index in [1.807, 2.05) is 0 Å². The van der Waals surface area contributed by atoms with Gasteiger partial charge in [-0.25, -0.2) is 4.39 Å². The first kappa shape index (κ1) is 24.3. The normalized spacial score (nSPS) is 15.1. The van der Waals surface area contributed by atoms with Gasteiger partial charge in [-0.3, -0.25) is 9.59 Å². The summed E-state index contributed by atoms with van der Waals surface area (Å²) in [6, 6.07) is 10.3. The molecular formula is C24H27Cl2FN2O3. The topological polar surface area (TPSA) is 58.6 Å². The summed E-state index contributed by atoms with van der Waals surface area (Å²) in [5.41, 5.74) is 0.718. The molecule has 2 amide bonds. The van der Waals surface area contributed by atoms with Gasteiger partial charge in [0, 0.05) is 12.6 Å². The Hall–Kier alpha value is -2.31. The summed E-state index contributed by atoms with van der Waals surface area (Å²) in [6.07, 6.45) is 5.23. The maximum Gasteiger partial charge on any atom is 0.261 e. The molecule has 8 heteroatoms. The Morgan fingerprint density at radius 3 is 2.53 bits per heavy atom. The largest absolute Gasteiger partial charge is 0.481 e. The first-order valence-electron chi connectivity index (χ1n) is 10.8. The molecule has 1 saturated carbocycles. The quantitative estimate of drug-likeness (QED) is 0.551. The molecule has 0 unspecified atom stereocenters. The molecule has 0 radical (unpaired) electrons. The van der Waals surface area contributed by atoms with Crippen molar-refractivity contribution in [1.29, 1.82) is 0 Å². The molecule has 172 valence electrons. The van der Waals surface area contributed by atoms with Crippen LogP contribution in [0.4, 0.5) is 4.39 Å². The highest BCUT2D eigenvalue weighted by Crippen LogP contribution is 2.24. The second-order valence-electron chi connectivity index (χ2n) is 8.01. The zero-order valence-corrected chi connectivity index (χ0v) is 19.5. The molecule has 2 aromatic carbocycles. The molecule has 1 aliphatic rings. The lowest BCUT2D eigenvalue weighted by molar-refractivity contribution is -0.142. The Kier molecular flexibility index (Phi) is 8.76. The van der Waals surface area contributed by atoms with Crippen LogP contribution in [0.15, 0.2) is 42.5 Å². The summed E-state index contributed by atoms with van der Waals surface area (Å²) < 4.78 is 19.3. The molecule has 0 aromatic heterocycles. The van der Waals surface area contributed by atoms with Crippen molar-refractivity contribution in [3.63, 3.8) is 0 Å². The van der Waals surface area contributed by atoms with Crippen LogP contribution in [0.3, 0.4) is 0 Å². The molecular weight excluding hydrogens is 454 g/mol. The molecule has 1 N–H and O–H groups in total. The van der Waals surface area contributed by atoms with Gasteiger partial charge < -0.3 is 15.0 Å². The Labute approximate surface area is 197 Å². The van der Waals surface area contributed by atoms with Crippen LogP contribution in [0.25, 0.3) is 0 Å². The summed E-state index contributed by atoms with van der Waals surface area (Å²) >= 11 is 12.1. The smallest absolute Gasteiger partial charge is 0.261 e. The lowest BCUT2D eigenvalue weighted by Gasteiger charge is -2.31. The van der Waals surface area contributed by atoms with Gasteiger partial charge in [-0.1, -0.05) is 60.7 Å². The first-order chi connectivity index (χ1) is 15.3. The standard InChI is InChI=1S/C24H27Cl2FN2O3/c1-16(24(31)28-18-7-3-2-4-8-18)29(14-17-11-12-19(25)20(26)13-17)23(30)15-32-22-10-6-5-9-21(22)27/h5-6,9-13,16,18H,2-4,7-8,14-15H2,1H3,(H,28,31)/t16-/m1/s1. The minimum atomic E-state index is -0.747. The van der Waals surface area contributed by atoms with E-state index in [0.717, 1.165) is 31.2 Å². The summed E-state index contributed by atoms with van der Waals surface area (Å²) in [5, 5.41) is 3.82. The molecule has 1 aliphatic carbocycles. The zero-order valence-electron chi connectivity index (χ0n) is 18.0. The van der Waals surface area contributed by atoms with E-state index in [1.54, 1.807) is 31.2 Å². The van der Waals surface area contributed by atoms with Gasteiger partial charge in [-0.2, -0.15) is 0 Å². The second kappa shape index (κ2) is 11.5. The van der Waals surface area contributed by atoms with Crippen molar-refractivity contribution < 1.29 is 18.7 Å². The van der Waals surface area contributed by atoms with E-state index < -0.39 is 24.4 Å². The third kappa shape index (κ3) is 6.59. The minimum Gasteiger partial charge on any atom is -0.481 e. The van der Waals surface area contributed by atoms with Crippen LogP contribution in [-0.4, -0.2) is 35.4 Å². The Bertz CT molecular complexity index is 951. The molecule has 0 aliphatic heterocycles. The fourth-order valence-corrected chi connectivity index (χ4v) is 4.09. The molecule has 5 nitrogen and oxygen atoms in total. The number of amides is 2. The Morgan fingerprint density at radius 1 is 1.12 bits per heavy atom. The van der Waals surface area contributed by atoms with Gasteiger partial charge >= 0.3 is 0 Å². The van der Waals surface area contributed by atoms with E-state index in [9.17, 15) is 14.0 Å². The summed E-state index contributed by atoms with van der Waals surface area (Å²) in [6.45, 7) is 1.41. The number of hydrogen-bond acceptors (Lipinski definition) is 3. The highest BCUT2D eigenvalue weighted by Gasteiger charge is 2.28. The van der Waals surface area contributed by atoms with E-state index in [0.29, 0.717) is 10.0 Å². The molecule has 1 fully saturated rings. The Morgan fingerprint density at radius 2 is 1.84 bits per heavy atom. The molecule has 2 aromatic rings. The highest BCUT2D eigenvalue weighted by molar-refractivity contribution is 6.42. The van der Waals surface area contributed by atoms with Crippen LogP contribution in [-0.2, 0) is 16.1 Å². The van der Waals surface area contributed by atoms with Gasteiger partial charge in [-0.05, 0) is 49.6 Å². The number of nitrogens with one attached hydrogen (secondary N) is 1. The number of carbonyl (C=O) groups excluding carboxylic acids is 2. The van der Waals surface area contributed by atoms with Crippen LogP contribution in [0.5, 0.6) is 5.75 Å². The monoisotopic (exact) mass is 480 g/mol. The number of hydrogen-bond donors (Lipinski definition) is 1. The molecule has 0 saturated heterocycles. The maximum atomic E-state index is 13.9. The number of benzene rings is 2. The number of ether oxygens (including phenoxy) is 1. The Balaban J connectivity index is 1.74. The van der Waals surface area contributed by atoms with Crippen LogP contribution < -0.4 is 10.1 Å². The van der Waals surface area contributed by atoms with E-state index in [2.05, 4.69) is 5.32 Å². The predicted molar refractivity (Wildman–Crippen MR) is 123 cm³/mol. The predicted octanol–water partition coefficient (Wildman–Crippen LogP) is 5.38. The fourth-order valence-electron chi connectivity index (χ4n) is 3.77. The van der Waals surface area contributed by atoms with Crippen molar-refractivity contribution in [2.75, 3.05) is 6.61 Å². The lowest BCUT2D eigenvalue weighted by Crippen LogP contribution is -2.51. The van der Waals surface area contributed by atoms with Crippen molar-refractivity contribution in [3.8, 4) is 5.75 Å². The van der Waals surface area contributed by atoms with Crippen molar-refractivity contribution in [1.82, 2.24) is 10.2 Å². The van der Waals surface area contributed by atoms with E-state index >= 15 is 0 Å². The molecule has 0 heterocycles. The molecule has 1 atom stereocenters. The van der Waals surface area contributed by atoms with Crippen LogP contribution >= 0.6 is 23.2 Å². The second-order valence-corrected chi connectivity index (χ2v) is 8.82. The lowest BCUT2D eigenvalue weighted by atomic mass is 9.95. The maximum absolute atomic E-state index is 13.9. The van der Waals surface area contributed by atoms with Gasteiger partial charge in [0.15, 0.2) is 18.2 Å². The van der Waals surface area contributed by atoms with Crippen molar-refractivity contribution in [2.24, 2.45) is 0 Å². The average molecular weight is 481 g/mol. The van der Waals surface area contributed by atoms with Gasteiger partial charge in [-0.15, -0.1) is 0 Å². The summed E-state index contributed by atoms with van der Waals surface area (Å²) in [5.74, 6) is -1.24. The third-order valence-electron chi connectivity index (χ3n) is 5.64. The number of halogens is 3. The highest BCUT2D eigenvalue weighted by atomic mass is 35.5. The average Bonchev–Trinajstić information content (AvgIpc) is 2.79. The SMILES string of the molecule is C[C@H](C(=O)NC1CCCCC1)N(Cc1ccc(Cl)c(Cl)c1)C(=O)COc1ccccc1F. The van der Waals surface area contributed by atoms with Crippen LogP contribution in [0.2, 0.25) is 10.0 Å². The third-order valence-corrected chi connectivity index (χ3v) is 6.38. The fraction of sp³-hybridized carbons (Fsp3) is 0.417. The van der Waals surface area contributed by atoms with Gasteiger partial charge in [0.25, 0.3) is 5.91 Å². The zero-order chi connectivity index (χ0) is 23.1. The van der Waals surface area contributed by atoms with E-state index in [1.165, 1.54) is 29.5 Å². The van der Waals surface area contributed by atoms with Crippen molar-refractivity contribution in [2.45, 2.75) is 57.7 Å². The van der Waals surface area contributed by atoms with Gasteiger partial charge in [0.2, 0.25) is 5.91 Å². The van der Waals surface area contributed by atoms with E-state index in [-0.39, 0.29) is 24.2 Å². The first-order valence-corrected chi connectivity index (χ1v) is 11.5. The molecule has 0 bridgehead atoms. The minimum absolute atomic E-state index is 0.0188. The van der Waals surface area contributed by atoms with E-state index in [4.69, 9.17) is 27.9 Å². The van der Waals surface area contributed by atoms with Crippen molar-refractivity contribution >= 4 is 35.0 Å². The number of carbonyl (C=O) groups is 2. The summed E-state index contributed by atoms with van der Waals surface area (Å²) in [4.78, 5) is 27.4. The number of rotatable bonds is 8. The molecule has 0 spiro atoms. The summed E-state index contributed by atoms with van der Waals surface area (Å²) in [7, 11) is 0. The number of nitrogens with zero attached hydrogens (tertiary/aromatic N) is 1. The van der Waals surface area contributed by atoms with Gasteiger partial charge in [0.05, 0.1) is 10.0 Å². The van der Waals surface area contributed by atoms with Gasteiger partial charge in [0.1, 0.15) is 6.04 Å². The van der Waals surface area contributed by atoms with Crippen molar-refractivity contribution in [3.05, 3.63) is 63.9 Å². The molecule has 32 heavy (non-hydrogen) atoms. The van der Waals surface area contributed by atoms with Crippen LogP contribution in [0.1, 0.15) is 44.6 Å². The van der Waals surface area contributed by atoms with Crippen LogP contribution in [0, 0.1) is 5.82 Å². The number of para-hydroxylation sites is 1. The molecule has 3 rings (SSSR count).